The minimum Gasteiger partial charge on any atom is -0.327 e. The van der Waals surface area contributed by atoms with E-state index in [0.29, 0.717) is 10.8 Å². The SMILES string of the molecule is C[C@@H](N)CSc1ccc(C(F)(F)F)cn1. The summed E-state index contributed by atoms with van der Waals surface area (Å²) in [5.41, 5.74) is 4.78. The lowest BCUT2D eigenvalue weighted by atomic mass is 10.3. The summed E-state index contributed by atoms with van der Waals surface area (Å²) in [6, 6.07) is 2.38. The van der Waals surface area contributed by atoms with E-state index < -0.39 is 11.7 Å². The van der Waals surface area contributed by atoms with Gasteiger partial charge in [-0.3, -0.25) is 0 Å². The van der Waals surface area contributed by atoms with Crippen molar-refractivity contribution >= 4 is 11.8 Å². The Bertz CT molecular complexity index is 308. The van der Waals surface area contributed by atoms with Gasteiger partial charge in [0.05, 0.1) is 10.6 Å². The van der Waals surface area contributed by atoms with Crippen LogP contribution >= 0.6 is 11.8 Å². The zero-order chi connectivity index (χ0) is 11.5. The van der Waals surface area contributed by atoms with Crippen LogP contribution in [0.15, 0.2) is 23.4 Å². The van der Waals surface area contributed by atoms with E-state index in [1.165, 1.54) is 17.8 Å². The van der Waals surface area contributed by atoms with E-state index in [1.54, 1.807) is 0 Å². The third-order valence-corrected chi connectivity index (χ3v) is 2.79. The van der Waals surface area contributed by atoms with Gasteiger partial charge < -0.3 is 5.73 Å². The summed E-state index contributed by atoms with van der Waals surface area (Å²) in [5, 5.41) is 0.556. The van der Waals surface area contributed by atoms with Crippen LogP contribution in [0.5, 0.6) is 0 Å². The van der Waals surface area contributed by atoms with Gasteiger partial charge in [-0.05, 0) is 19.1 Å². The standard InChI is InChI=1S/C9H11F3N2S/c1-6(13)5-15-8-3-2-7(4-14-8)9(10,11)12/h2-4,6H,5,13H2,1H3/t6-/m1/s1. The minimum atomic E-state index is -4.32. The fourth-order valence-corrected chi connectivity index (χ4v) is 1.58. The molecule has 0 fully saturated rings. The maximum atomic E-state index is 12.2. The molecule has 1 aromatic rings. The van der Waals surface area contributed by atoms with Gasteiger partial charge in [-0.1, -0.05) is 0 Å². The van der Waals surface area contributed by atoms with Crippen LogP contribution < -0.4 is 5.73 Å². The molecule has 84 valence electrons. The second-order valence-corrected chi connectivity index (χ2v) is 4.21. The first-order chi connectivity index (χ1) is 6.89. The quantitative estimate of drug-likeness (QED) is 0.820. The van der Waals surface area contributed by atoms with Crippen LogP contribution in [0.2, 0.25) is 0 Å². The van der Waals surface area contributed by atoms with E-state index in [1.807, 2.05) is 6.92 Å². The molecule has 0 bridgehead atoms. The van der Waals surface area contributed by atoms with Crippen molar-refractivity contribution in [2.45, 2.75) is 24.2 Å². The van der Waals surface area contributed by atoms with Crippen LogP contribution in [0, 0.1) is 0 Å². The Morgan fingerprint density at radius 2 is 2.13 bits per heavy atom. The predicted octanol–water partition coefficient (Wildman–Crippen LogP) is 2.54. The fraction of sp³-hybridized carbons (Fsp3) is 0.444. The summed E-state index contributed by atoms with van der Waals surface area (Å²) in [4.78, 5) is 3.70. The van der Waals surface area contributed by atoms with Crippen molar-refractivity contribution < 1.29 is 13.2 Å². The van der Waals surface area contributed by atoms with Gasteiger partial charge in [0.15, 0.2) is 0 Å². The van der Waals surface area contributed by atoms with E-state index in [2.05, 4.69) is 4.98 Å². The van der Waals surface area contributed by atoms with Crippen LogP contribution in [0.1, 0.15) is 12.5 Å². The molecule has 1 atom stereocenters. The van der Waals surface area contributed by atoms with Gasteiger partial charge in [-0.2, -0.15) is 13.2 Å². The van der Waals surface area contributed by atoms with E-state index in [9.17, 15) is 13.2 Å². The molecule has 0 aliphatic rings. The number of halogens is 3. The average molecular weight is 236 g/mol. The molecule has 0 aliphatic carbocycles. The predicted molar refractivity (Wildman–Crippen MR) is 53.6 cm³/mol. The molecule has 2 N–H and O–H groups in total. The van der Waals surface area contributed by atoms with Gasteiger partial charge in [0.1, 0.15) is 0 Å². The highest BCUT2D eigenvalue weighted by Crippen LogP contribution is 2.29. The Kier molecular flexibility index (Phi) is 3.98. The van der Waals surface area contributed by atoms with Crippen molar-refractivity contribution in [1.82, 2.24) is 4.98 Å². The number of nitrogens with two attached hydrogens (primary N) is 1. The molecule has 0 saturated carbocycles. The van der Waals surface area contributed by atoms with E-state index in [4.69, 9.17) is 5.73 Å². The maximum absolute atomic E-state index is 12.2. The van der Waals surface area contributed by atoms with Gasteiger partial charge in [0.25, 0.3) is 0 Å². The van der Waals surface area contributed by atoms with E-state index in [-0.39, 0.29) is 6.04 Å². The van der Waals surface area contributed by atoms with Crippen molar-refractivity contribution in [3.05, 3.63) is 23.9 Å². The summed E-state index contributed by atoms with van der Waals surface area (Å²) < 4.78 is 36.5. The van der Waals surface area contributed by atoms with Crippen LogP contribution in [0.4, 0.5) is 13.2 Å². The summed E-state index contributed by atoms with van der Waals surface area (Å²) in [6.07, 6.45) is -3.49. The largest absolute Gasteiger partial charge is 0.417 e. The summed E-state index contributed by atoms with van der Waals surface area (Å²) >= 11 is 1.34. The lowest BCUT2D eigenvalue weighted by Gasteiger charge is -2.07. The number of rotatable bonds is 3. The van der Waals surface area contributed by atoms with Gasteiger partial charge >= 0.3 is 6.18 Å². The lowest BCUT2D eigenvalue weighted by Crippen LogP contribution is -2.17. The highest BCUT2D eigenvalue weighted by atomic mass is 32.2. The fourth-order valence-electron chi connectivity index (χ4n) is 0.850. The van der Waals surface area contributed by atoms with Crippen LogP contribution in [0.25, 0.3) is 0 Å². The molecule has 0 saturated heterocycles. The first kappa shape index (κ1) is 12.3. The highest BCUT2D eigenvalue weighted by Gasteiger charge is 2.30. The van der Waals surface area contributed by atoms with E-state index >= 15 is 0 Å². The Hall–Kier alpha value is -0.750. The molecule has 0 aromatic carbocycles. The number of alkyl halides is 3. The zero-order valence-electron chi connectivity index (χ0n) is 8.08. The molecule has 0 spiro atoms. The molecule has 0 amide bonds. The van der Waals surface area contributed by atoms with Gasteiger partial charge in [-0.25, -0.2) is 4.98 Å². The monoisotopic (exact) mass is 236 g/mol. The molecular weight excluding hydrogens is 225 g/mol. The number of hydrogen-bond acceptors (Lipinski definition) is 3. The maximum Gasteiger partial charge on any atom is 0.417 e. The Morgan fingerprint density at radius 3 is 2.53 bits per heavy atom. The molecule has 0 radical (unpaired) electrons. The lowest BCUT2D eigenvalue weighted by molar-refractivity contribution is -0.137. The second-order valence-electron chi connectivity index (χ2n) is 3.17. The van der Waals surface area contributed by atoms with Crippen LogP contribution in [-0.4, -0.2) is 16.8 Å². The average Bonchev–Trinajstić information content (AvgIpc) is 2.14. The van der Waals surface area contributed by atoms with Gasteiger partial charge in [0.2, 0.25) is 0 Å². The molecule has 2 nitrogen and oxygen atoms in total. The van der Waals surface area contributed by atoms with Crippen molar-refractivity contribution in [3.63, 3.8) is 0 Å². The summed E-state index contributed by atoms with van der Waals surface area (Å²) in [7, 11) is 0. The highest BCUT2D eigenvalue weighted by molar-refractivity contribution is 7.99. The Balaban J connectivity index is 2.65. The topological polar surface area (TPSA) is 38.9 Å². The number of thioether (sulfide) groups is 1. The molecule has 1 heterocycles. The van der Waals surface area contributed by atoms with Crippen molar-refractivity contribution in [1.29, 1.82) is 0 Å². The van der Waals surface area contributed by atoms with Crippen molar-refractivity contribution in [3.8, 4) is 0 Å². The first-order valence-electron chi connectivity index (χ1n) is 4.31. The molecular formula is C9H11F3N2S. The van der Waals surface area contributed by atoms with Crippen molar-refractivity contribution in [2.75, 3.05) is 5.75 Å². The van der Waals surface area contributed by atoms with Gasteiger partial charge in [0, 0.05) is 18.0 Å². The molecule has 6 heteroatoms. The van der Waals surface area contributed by atoms with Crippen molar-refractivity contribution in [2.24, 2.45) is 5.73 Å². The third-order valence-electron chi connectivity index (χ3n) is 1.56. The normalized spacial score (nSPS) is 13.9. The second kappa shape index (κ2) is 4.85. The number of aromatic nitrogens is 1. The Labute approximate surface area is 90.1 Å². The smallest absolute Gasteiger partial charge is 0.327 e. The van der Waals surface area contributed by atoms with E-state index in [0.717, 1.165) is 12.3 Å². The van der Waals surface area contributed by atoms with Crippen LogP contribution in [-0.2, 0) is 6.18 Å². The number of hydrogen-bond donors (Lipinski definition) is 1. The molecule has 0 unspecified atom stereocenters. The Morgan fingerprint density at radius 1 is 1.47 bits per heavy atom. The van der Waals surface area contributed by atoms with Gasteiger partial charge in [-0.15, -0.1) is 11.8 Å². The third kappa shape index (κ3) is 4.09. The number of pyridine rings is 1. The zero-order valence-corrected chi connectivity index (χ0v) is 8.90. The molecule has 1 rings (SSSR count). The van der Waals surface area contributed by atoms with Crippen LogP contribution in [0.3, 0.4) is 0 Å². The molecule has 0 aliphatic heterocycles. The summed E-state index contributed by atoms with van der Waals surface area (Å²) in [5.74, 6) is 0.637. The molecule has 1 aromatic heterocycles. The minimum absolute atomic E-state index is 0.000840. The first-order valence-corrected chi connectivity index (χ1v) is 5.30. The number of nitrogens with zero attached hydrogens (tertiary/aromatic N) is 1. The summed E-state index contributed by atoms with van der Waals surface area (Å²) in [6.45, 7) is 1.83. The molecule has 15 heavy (non-hydrogen) atoms.